The Morgan fingerprint density at radius 2 is 1.89 bits per heavy atom. The number of hydrogen-bond acceptors (Lipinski definition) is 4. The van der Waals surface area contributed by atoms with Gasteiger partial charge in [0.15, 0.2) is 17.6 Å². The molecule has 1 atom stereocenters. The van der Waals surface area contributed by atoms with E-state index in [1.165, 1.54) is 5.56 Å². The highest BCUT2D eigenvalue weighted by atomic mass is 16.6. The van der Waals surface area contributed by atoms with Crippen molar-refractivity contribution in [2.45, 2.75) is 19.1 Å². The predicted molar refractivity (Wildman–Crippen MR) is 106 cm³/mol. The van der Waals surface area contributed by atoms with Gasteiger partial charge in [0, 0.05) is 12.7 Å². The summed E-state index contributed by atoms with van der Waals surface area (Å²) >= 11 is 0. The SMILES string of the molecule is O=C(NCCc1ccccc1)Nc1cnn(C[C@H]2COc3ccccc3O2)c1. The number of nitrogens with one attached hydrogen (secondary N) is 2. The van der Waals surface area contributed by atoms with E-state index in [9.17, 15) is 4.79 Å². The number of rotatable bonds is 6. The van der Waals surface area contributed by atoms with Gasteiger partial charge >= 0.3 is 6.03 Å². The number of hydrogen-bond donors (Lipinski definition) is 2. The highest BCUT2D eigenvalue weighted by molar-refractivity contribution is 5.88. The van der Waals surface area contributed by atoms with Crippen molar-refractivity contribution in [3.05, 3.63) is 72.6 Å². The summed E-state index contributed by atoms with van der Waals surface area (Å²) in [6.45, 7) is 1.56. The van der Waals surface area contributed by atoms with Crippen LogP contribution in [0, 0.1) is 0 Å². The zero-order chi connectivity index (χ0) is 19.2. The average molecular weight is 378 g/mol. The van der Waals surface area contributed by atoms with Crippen molar-refractivity contribution in [2.75, 3.05) is 18.5 Å². The van der Waals surface area contributed by atoms with E-state index in [1.807, 2.05) is 54.6 Å². The van der Waals surface area contributed by atoms with Gasteiger partial charge in [0.05, 0.1) is 18.4 Å². The molecule has 144 valence electrons. The van der Waals surface area contributed by atoms with Crippen LogP contribution >= 0.6 is 0 Å². The minimum absolute atomic E-state index is 0.137. The van der Waals surface area contributed by atoms with Crippen molar-refractivity contribution in [2.24, 2.45) is 0 Å². The van der Waals surface area contributed by atoms with Gasteiger partial charge in [-0.1, -0.05) is 42.5 Å². The Balaban J connectivity index is 1.23. The molecular formula is C21H22N4O3. The van der Waals surface area contributed by atoms with E-state index >= 15 is 0 Å². The van der Waals surface area contributed by atoms with Crippen molar-refractivity contribution in [1.29, 1.82) is 0 Å². The molecule has 2 amide bonds. The van der Waals surface area contributed by atoms with Crippen LogP contribution in [0.3, 0.4) is 0 Å². The molecule has 2 aromatic carbocycles. The Morgan fingerprint density at radius 1 is 1.11 bits per heavy atom. The number of carbonyl (C=O) groups is 1. The molecule has 0 bridgehead atoms. The molecule has 4 rings (SSSR count). The molecule has 1 aliphatic rings. The fraction of sp³-hybridized carbons (Fsp3) is 0.238. The fourth-order valence-corrected chi connectivity index (χ4v) is 3.03. The quantitative estimate of drug-likeness (QED) is 0.691. The summed E-state index contributed by atoms with van der Waals surface area (Å²) in [7, 11) is 0. The molecule has 1 aromatic heterocycles. The first-order valence-electron chi connectivity index (χ1n) is 9.26. The van der Waals surface area contributed by atoms with Crippen LogP contribution in [0.1, 0.15) is 5.56 Å². The van der Waals surface area contributed by atoms with E-state index < -0.39 is 0 Å². The summed E-state index contributed by atoms with van der Waals surface area (Å²) in [5, 5.41) is 9.93. The van der Waals surface area contributed by atoms with Crippen LogP contribution in [-0.4, -0.2) is 35.1 Å². The third kappa shape index (κ3) is 4.62. The lowest BCUT2D eigenvalue weighted by atomic mass is 10.1. The van der Waals surface area contributed by atoms with Crippen LogP contribution < -0.4 is 20.1 Å². The second-order valence-electron chi connectivity index (χ2n) is 6.57. The Morgan fingerprint density at radius 3 is 2.75 bits per heavy atom. The molecule has 7 nitrogen and oxygen atoms in total. The Hall–Kier alpha value is -3.48. The molecule has 0 spiro atoms. The lowest BCUT2D eigenvalue weighted by molar-refractivity contribution is 0.0759. The number of ether oxygens (including phenoxy) is 2. The average Bonchev–Trinajstić information content (AvgIpc) is 3.15. The number of aromatic nitrogens is 2. The van der Waals surface area contributed by atoms with Gasteiger partial charge in [0.2, 0.25) is 0 Å². The van der Waals surface area contributed by atoms with Gasteiger partial charge < -0.3 is 20.1 Å². The molecule has 0 fully saturated rings. The topological polar surface area (TPSA) is 77.4 Å². The Labute approximate surface area is 163 Å². The van der Waals surface area contributed by atoms with E-state index in [-0.39, 0.29) is 12.1 Å². The number of urea groups is 1. The van der Waals surface area contributed by atoms with Crippen LogP contribution in [-0.2, 0) is 13.0 Å². The largest absolute Gasteiger partial charge is 0.486 e. The van der Waals surface area contributed by atoms with Crippen molar-refractivity contribution < 1.29 is 14.3 Å². The summed E-state index contributed by atoms with van der Waals surface area (Å²) in [4.78, 5) is 12.0. The maximum Gasteiger partial charge on any atom is 0.319 e. The molecule has 0 unspecified atom stereocenters. The van der Waals surface area contributed by atoms with Crippen LogP contribution in [0.15, 0.2) is 67.0 Å². The molecule has 28 heavy (non-hydrogen) atoms. The molecule has 3 aromatic rings. The van der Waals surface area contributed by atoms with E-state index in [0.717, 1.165) is 17.9 Å². The lowest BCUT2D eigenvalue weighted by Gasteiger charge is -2.26. The van der Waals surface area contributed by atoms with Gasteiger partial charge in [-0.05, 0) is 24.1 Å². The van der Waals surface area contributed by atoms with E-state index in [4.69, 9.17) is 9.47 Å². The maximum atomic E-state index is 12.0. The number of benzene rings is 2. The number of nitrogens with zero attached hydrogens (tertiary/aromatic N) is 2. The second-order valence-corrected chi connectivity index (χ2v) is 6.57. The second kappa shape index (κ2) is 8.47. The van der Waals surface area contributed by atoms with Gasteiger partial charge in [-0.15, -0.1) is 0 Å². The number of para-hydroxylation sites is 2. The molecule has 0 radical (unpaired) electrons. The van der Waals surface area contributed by atoms with Gasteiger partial charge in [0.25, 0.3) is 0 Å². The van der Waals surface area contributed by atoms with Crippen molar-refractivity contribution in [3.63, 3.8) is 0 Å². The molecule has 1 aliphatic heterocycles. The van der Waals surface area contributed by atoms with Gasteiger partial charge in [-0.2, -0.15) is 5.10 Å². The molecule has 0 saturated carbocycles. The number of carbonyl (C=O) groups excluding carboxylic acids is 1. The number of anilines is 1. The molecule has 7 heteroatoms. The highest BCUT2D eigenvalue weighted by Gasteiger charge is 2.21. The summed E-state index contributed by atoms with van der Waals surface area (Å²) in [6.07, 6.45) is 4.05. The van der Waals surface area contributed by atoms with Gasteiger partial charge in [0.1, 0.15) is 6.61 Å². The first-order chi connectivity index (χ1) is 13.8. The summed E-state index contributed by atoms with van der Waals surface area (Å²) in [5.41, 5.74) is 1.82. The third-order valence-corrected chi connectivity index (χ3v) is 4.39. The van der Waals surface area contributed by atoms with Crippen LogP contribution in [0.5, 0.6) is 11.5 Å². The van der Waals surface area contributed by atoms with Crippen LogP contribution in [0.2, 0.25) is 0 Å². The minimum atomic E-state index is -0.248. The predicted octanol–water partition coefficient (Wildman–Crippen LogP) is 3.09. The monoisotopic (exact) mass is 378 g/mol. The van der Waals surface area contributed by atoms with Crippen molar-refractivity contribution >= 4 is 11.7 Å². The smallest absolute Gasteiger partial charge is 0.319 e. The third-order valence-electron chi connectivity index (χ3n) is 4.39. The first-order valence-corrected chi connectivity index (χ1v) is 9.26. The zero-order valence-corrected chi connectivity index (χ0v) is 15.4. The summed E-state index contributed by atoms with van der Waals surface area (Å²) < 4.78 is 13.4. The van der Waals surface area contributed by atoms with Crippen molar-refractivity contribution in [3.8, 4) is 11.5 Å². The molecule has 2 N–H and O–H groups in total. The van der Waals surface area contributed by atoms with E-state index in [2.05, 4.69) is 15.7 Å². The van der Waals surface area contributed by atoms with Gasteiger partial charge in [-0.25, -0.2) is 4.79 Å². The Bertz CT molecular complexity index is 926. The normalized spacial score (nSPS) is 15.1. The molecule has 0 saturated heterocycles. The van der Waals surface area contributed by atoms with Crippen molar-refractivity contribution in [1.82, 2.24) is 15.1 Å². The standard InChI is InChI=1S/C21H22N4O3/c26-21(22-11-10-16-6-2-1-3-7-16)24-17-12-23-25(13-17)14-18-15-27-19-8-4-5-9-20(19)28-18/h1-9,12-13,18H,10-11,14-15H2,(H2,22,24,26)/t18-/m0/s1. The zero-order valence-electron chi connectivity index (χ0n) is 15.4. The van der Waals surface area contributed by atoms with Gasteiger partial charge in [-0.3, -0.25) is 4.68 Å². The van der Waals surface area contributed by atoms with Crippen LogP contribution in [0.25, 0.3) is 0 Å². The summed E-state index contributed by atoms with van der Waals surface area (Å²) in [5.74, 6) is 1.50. The first kappa shape index (κ1) is 17.9. The van der Waals surface area contributed by atoms with E-state index in [1.54, 1.807) is 17.1 Å². The maximum absolute atomic E-state index is 12.0. The highest BCUT2D eigenvalue weighted by Crippen LogP contribution is 2.31. The molecule has 2 heterocycles. The minimum Gasteiger partial charge on any atom is -0.486 e. The Kier molecular flexibility index (Phi) is 5.42. The fourth-order valence-electron chi connectivity index (χ4n) is 3.03. The lowest BCUT2D eigenvalue weighted by Crippen LogP contribution is -2.33. The number of fused-ring (bicyclic) bond motifs is 1. The number of amides is 2. The molecular weight excluding hydrogens is 356 g/mol. The van der Waals surface area contributed by atoms with E-state index in [0.29, 0.717) is 25.4 Å². The summed E-state index contributed by atoms with van der Waals surface area (Å²) in [6, 6.07) is 17.4. The van der Waals surface area contributed by atoms with Crippen LogP contribution in [0.4, 0.5) is 10.5 Å². The molecule has 0 aliphatic carbocycles.